The van der Waals surface area contributed by atoms with E-state index in [0.29, 0.717) is 0 Å². The van der Waals surface area contributed by atoms with Gasteiger partial charge in [0.25, 0.3) is 0 Å². The normalized spacial score (nSPS) is 9.70. The molecule has 0 spiro atoms. The van der Waals surface area contributed by atoms with Gasteiger partial charge in [-0.15, -0.1) is 0 Å². The lowest BCUT2D eigenvalue weighted by Crippen LogP contribution is -2.32. The number of primary amides is 1. The van der Waals surface area contributed by atoms with Gasteiger partial charge in [-0.05, 0) is 12.1 Å². The first-order valence-electron chi connectivity index (χ1n) is 5.65. The number of rotatable bonds is 6. The Morgan fingerprint density at radius 1 is 1.25 bits per heavy atom. The Morgan fingerprint density at radius 3 is 2.25 bits per heavy atom. The number of aromatic hydroxyl groups is 1. The minimum absolute atomic E-state index is 0.0344. The Bertz CT molecular complexity index is 478. The van der Waals surface area contributed by atoms with Crippen LogP contribution in [0.4, 0.5) is 4.79 Å². The largest absolute Gasteiger partial charge is 0.502 e. The van der Waals surface area contributed by atoms with Crippen LogP contribution in [-0.4, -0.2) is 44.5 Å². The predicted octanol–water partition coefficient (Wildman–Crippen LogP) is 0.234. The van der Waals surface area contributed by atoms with Crippen molar-refractivity contribution in [2.45, 2.75) is 0 Å². The zero-order valence-corrected chi connectivity index (χ0v) is 11.1. The molecule has 0 aliphatic rings. The molecule has 0 radical (unpaired) electrons. The average Bonchev–Trinajstić information content (AvgIpc) is 2.43. The summed E-state index contributed by atoms with van der Waals surface area (Å²) in [7, 11) is 2.70. The first-order chi connectivity index (χ1) is 9.49. The van der Waals surface area contributed by atoms with Crippen LogP contribution in [0.1, 0.15) is 10.4 Å². The van der Waals surface area contributed by atoms with Gasteiger partial charge in [-0.2, -0.15) is 0 Å². The van der Waals surface area contributed by atoms with Crippen molar-refractivity contribution in [3.63, 3.8) is 0 Å². The van der Waals surface area contributed by atoms with E-state index in [1.54, 1.807) is 0 Å². The van der Waals surface area contributed by atoms with Crippen LogP contribution < -0.4 is 20.5 Å². The Labute approximate surface area is 115 Å². The van der Waals surface area contributed by atoms with Crippen molar-refractivity contribution in [3.05, 3.63) is 17.7 Å². The lowest BCUT2D eigenvalue weighted by atomic mass is 10.2. The Balaban J connectivity index is 2.75. The monoisotopic (exact) mass is 284 g/mol. The first kappa shape index (κ1) is 15.4. The summed E-state index contributed by atoms with van der Waals surface area (Å²) < 4.78 is 14.8. The zero-order chi connectivity index (χ0) is 15.1. The van der Waals surface area contributed by atoms with Crippen LogP contribution in [0, 0.1) is 0 Å². The number of urea groups is 1. The van der Waals surface area contributed by atoms with Gasteiger partial charge in [0.2, 0.25) is 5.75 Å². The molecule has 0 bridgehead atoms. The van der Waals surface area contributed by atoms with E-state index < -0.39 is 12.0 Å². The molecule has 0 fully saturated rings. The summed E-state index contributed by atoms with van der Waals surface area (Å²) in [5.41, 5.74) is 5.01. The number of amides is 2. The van der Waals surface area contributed by atoms with E-state index >= 15 is 0 Å². The number of nitrogens with one attached hydrogen (secondary N) is 1. The highest BCUT2D eigenvalue weighted by Crippen LogP contribution is 2.37. The van der Waals surface area contributed by atoms with Crippen molar-refractivity contribution in [2.24, 2.45) is 5.73 Å². The Kier molecular flexibility index (Phi) is 5.45. The molecule has 0 saturated heterocycles. The zero-order valence-electron chi connectivity index (χ0n) is 11.1. The van der Waals surface area contributed by atoms with Crippen molar-refractivity contribution >= 4 is 12.0 Å². The van der Waals surface area contributed by atoms with Gasteiger partial charge in [-0.1, -0.05) is 0 Å². The van der Waals surface area contributed by atoms with Crippen LogP contribution in [0.2, 0.25) is 0 Å². The van der Waals surface area contributed by atoms with E-state index in [9.17, 15) is 14.7 Å². The number of hydrogen-bond acceptors (Lipinski definition) is 6. The van der Waals surface area contributed by atoms with Gasteiger partial charge in [0.05, 0.1) is 26.3 Å². The molecule has 4 N–H and O–H groups in total. The smallest absolute Gasteiger partial charge is 0.338 e. The third-order valence-electron chi connectivity index (χ3n) is 2.35. The van der Waals surface area contributed by atoms with E-state index in [-0.39, 0.29) is 36.0 Å². The fourth-order valence-corrected chi connectivity index (χ4v) is 1.41. The van der Waals surface area contributed by atoms with Crippen molar-refractivity contribution in [1.29, 1.82) is 0 Å². The number of methoxy groups -OCH3 is 2. The van der Waals surface area contributed by atoms with Crippen LogP contribution in [0.3, 0.4) is 0 Å². The molecule has 0 saturated carbocycles. The first-order valence-corrected chi connectivity index (χ1v) is 5.65. The highest BCUT2D eigenvalue weighted by molar-refractivity contribution is 5.91. The van der Waals surface area contributed by atoms with E-state index in [2.05, 4.69) is 5.32 Å². The average molecular weight is 284 g/mol. The van der Waals surface area contributed by atoms with Crippen molar-refractivity contribution in [3.8, 4) is 17.2 Å². The second-order valence-corrected chi connectivity index (χ2v) is 3.66. The van der Waals surface area contributed by atoms with Crippen molar-refractivity contribution in [2.75, 3.05) is 27.4 Å². The number of hydrogen-bond donors (Lipinski definition) is 3. The maximum absolute atomic E-state index is 11.8. The Hall–Kier alpha value is -2.64. The molecule has 110 valence electrons. The third kappa shape index (κ3) is 3.94. The van der Waals surface area contributed by atoms with E-state index in [4.69, 9.17) is 19.9 Å². The van der Waals surface area contributed by atoms with Crippen molar-refractivity contribution < 1.29 is 28.9 Å². The minimum atomic E-state index is -0.700. The summed E-state index contributed by atoms with van der Waals surface area (Å²) in [5.74, 6) is -0.673. The molecule has 2 amide bonds. The van der Waals surface area contributed by atoms with Gasteiger partial charge in [0.1, 0.15) is 6.61 Å². The van der Waals surface area contributed by atoms with Crippen LogP contribution in [-0.2, 0) is 4.74 Å². The molecular weight excluding hydrogens is 268 g/mol. The van der Waals surface area contributed by atoms with Gasteiger partial charge < -0.3 is 30.4 Å². The molecule has 0 aliphatic carbocycles. The molecule has 1 rings (SSSR count). The number of carbonyl (C=O) groups is 2. The van der Waals surface area contributed by atoms with E-state index in [1.807, 2.05) is 0 Å². The number of nitrogens with two attached hydrogens (primary N) is 1. The van der Waals surface area contributed by atoms with Crippen LogP contribution in [0.25, 0.3) is 0 Å². The second-order valence-electron chi connectivity index (χ2n) is 3.66. The summed E-state index contributed by atoms with van der Waals surface area (Å²) in [6, 6.07) is 1.94. The number of carbonyl (C=O) groups excluding carboxylic acids is 2. The summed E-state index contributed by atoms with van der Waals surface area (Å²) in [6.45, 7) is 0.0701. The maximum atomic E-state index is 11.8. The molecule has 8 nitrogen and oxygen atoms in total. The third-order valence-corrected chi connectivity index (χ3v) is 2.35. The second kappa shape index (κ2) is 7.07. The highest BCUT2D eigenvalue weighted by atomic mass is 16.5. The topological polar surface area (TPSA) is 120 Å². The van der Waals surface area contributed by atoms with Gasteiger partial charge in [-0.3, -0.25) is 0 Å². The molecule has 0 unspecified atom stereocenters. The van der Waals surface area contributed by atoms with Crippen LogP contribution in [0.15, 0.2) is 12.1 Å². The van der Waals surface area contributed by atoms with E-state index in [0.717, 1.165) is 0 Å². The molecule has 0 atom stereocenters. The summed E-state index contributed by atoms with van der Waals surface area (Å²) in [6.07, 6.45) is 0. The molecule has 8 heteroatoms. The number of benzene rings is 1. The van der Waals surface area contributed by atoms with Gasteiger partial charge in [0.15, 0.2) is 11.5 Å². The number of phenolic OH excluding ortho intramolecular Hbond substituents is 1. The number of esters is 1. The fourth-order valence-electron chi connectivity index (χ4n) is 1.41. The van der Waals surface area contributed by atoms with E-state index in [1.165, 1.54) is 26.4 Å². The molecular formula is C12H16N2O6. The minimum Gasteiger partial charge on any atom is -0.502 e. The molecule has 0 heterocycles. The van der Waals surface area contributed by atoms with Crippen LogP contribution in [0.5, 0.6) is 17.2 Å². The van der Waals surface area contributed by atoms with Gasteiger partial charge in [-0.25, -0.2) is 9.59 Å². The predicted molar refractivity (Wildman–Crippen MR) is 69.1 cm³/mol. The van der Waals surface area contributed by atoms with Gasteiger partial charge in [0, 0.05) is 0 Å². The fraction of sp³-hybridized carbons (Fsp3) is 0.333. The van der Waals surface area contributed by atoms with Crippen molar-refractivity contribution in [1.82, 2.24) is 5.32 Å². The molecule has 1 aromatic carbocycles. The lowest BCUT2D eigenvalue weighted by Gasteiger charge is -2.11. The summed E-state index contributed by atoms with van der Waals surface area (Å²) in [4.78, 5) is 22.2. The summed E-state index contributed by atoms with van der Waals surface area (Å²) >= 11 is 0. The molecule has 0 aromatic heterocycles. The lowest BCUT2D eigenvalue weighted by molar-refractivity contribution is 0.0509. The van der Waals surface area contributed by atoms with Gasteiger partial charge >= 0.3 is 12.0 Å². The molecule has 1 aromatic rings. The number of phenols is 1. The summed E-state index contributed by atoms with van der Waals surface area (Å²) in [5, 5.41) is 12.0. The number of ether oxygens (including phenoxy) is 3. The molecule has 0 aliphatic heterocycles. The SMILES string of the molecule is COc1cc(C(=O)OCCNC(N)=O)cc(OC)c1O. The molecule has 20 heavy (non-hydrogen) atoms. The Morgan fingerprint density at radius 2 is 1.80 bits per heavy atom. The standard InChI is InChI=1S/C12H16N2O6/c1-18-8-5-7(6-9(19-2)10(8)15)11(16)20-4-3-14-12(13)17/h5-6,15H,3-4H2,1-2H3,(H3,13,14,17). The van der Waals surface area contributed by atoms with Crippen LogP contribution >= 0.6 is 0 Å². The quantitative estimate of drug-likeness (QED) is 0.508. The maximum Gasteiger partial charge on any atom is 0.338 e. The highest BCUT2D eigenvalue weighted by Gasteiger charge is 2.16.